The molecule has 0 bridgehead atoms. The first-order valence-electron chi connectivity index (χ1n) is 5.37. The van der Waals surface area contributed by atoms with Gasteiger partial charge >= 0.3 is 5.97 Å². The van der Waals surface area contributed by atoms with Gasteiger partial charge in [0.05, 0.1) is 11.6 Å². The van der Waals surface area contributed by atoms with Gasteiger partial charge < -0.3 is 4.74 Å². The Hall–Kier alpha value is -1.56. The van der Waals surface area contributed by atoms with Gasteiger partial charge in [0.25, 0.3) is 0 Å². The molecule has 0 aliphatic rings. The van der Waals surface area contributed by atoms with Crippen molar-refractivity contribution in [3.63, 3.8) is 0 Å². The van der Waals surface area contributed by atoms with Crippen molar-refractivity contribution >= 4 is 29.5 Å². The van der Waals surface area contributed by atoms with Gasteiger partial charge in [0.15, 0.2) is 0 Å². The molecule has 6 heteroatoms. The summed E-state index contributed by atoms with van der Waals surface area (Å²) in [4.78, 5) is 28.2. The molecular formula is C12H18N2O3S. The van der Waals surface area contributed by atoms with Crippen LogP contribution in [0.25, 0.3) is 0 Å². The standard InChI is InChI=1S/C12H18N2O3S/c1-6-17-12(16)8-14(11(5)15)9(3)13-10(4)18-7-2/h7H,2,4,6,8H2,1,3,5H3. The van der Waals surface area contributed by atoms with Crippen molar-refractivity contribution in [3.05, 3.63) is 23.6 Å². The van der Waals surface area contributed by atoms with Crippen molar-refractivity contribution < 1.29 is 14.3 Å². The summed E-state index contributed by atoms with van der Waals surface area (Å²) in [5.41, 5.74) is 0. The minimum atomic E-state index is -0.468. The first-order valence-corrected chi connectivity index (χ1v) is 6.25. The summed E-state index contributed by atoms with van der Waals surface area (Å²) in [6, 6.07) is 0. The smallest absolute Gasteiger partial charge is 0.326 e. The molecule has 0 radical (unpaired) electrons. The van der Waals surface area contributed by atoms with Crippen LogP contribution in [0.1, 0.15) is 20.8 Å². The highest BCUT2D eigenvalue weighted by Gasteiger charge is 2.17. The molecule has 0 saturated carbocycles. The fourth-order valence-corrected chi connectivity index (χ4v) is 1.53. The Labute approximate surface area is 112 Å². The molecule has 0 aromatic carbocycles. The number of thioether (sulfide) groups is 1. The third-order valence-corrected chi connectivity index (χ3v) is 2.40. The molecule has 0 aliphatic carbocycles. The maximum absolute atomic E-state index is 11.4. The van der Waals surface area contributed by atoms with E-state index in [9.17, 15) is 9.59 Å². The van der Waals surface area contributed by atoms with Crippen molar-refractivity contribution in [2.24, 2.45) is 4.99 Å². The number of hydrogen-bond donors (Lipinski definition) is 0. The van der Waals surface area contributed by atoms with Crippen LogP contribution in [-0.2, 0) is 14.3 Å². The zero-order valence-corrected chi connectivity index (χ0v) is 11.7. The van der Waals surface area contributed by atoms with E-state index in [0.717, 1.165) is 0 Å². The molecule has 1 amide bonds. The molecule has 18 heavy (non-hydrogen) atoms. The quantitative estimate of drug-likeness (QED) is 0.421. The zero-order chi connectivity index (χ0) is 14.1. The topological polar surface area (TPSA) is 59.0 Å². The predicted molar refractivity (Wildman–Crippen MR) is 74.1 cm³/mol. The molecule has 0 fully saturated rings. The Bertz CT molecular complexity index is 378. The van der Waals surface area contributed by atoms with Crippen LogP contribution in [0, 0.1) is 0 Å². The molecule has 5 nitrogen and oxygen atoms in total. The van der Waals surface area contributed by atoms with Gasteiger partial charge in [-0.15, -0.1) is 0 Å². The second kappa shape index (κ2) is 8.52. The van der Waals surface area contributed by atoms with Gasteiger partial charge in [0.1, 0.15) is 12.4 Å². The van der Waals surface area contributed by atoms with Crippen molar-refractivity contribution in [3.8, 4) is 0 Å². The third-order valence-electron chi connectivity index (χ3n) is 1.87. The van der Waals surface area contributed by atoms with E-state index in [1.165, 1.54) is 23.6 Å². The second-order valence-electron chi connectivity index (χ2n) is 3.25. The maximum Gasteiger partial charge on any atom is 0.326 e. The monoisotopic (exact) mass is 270 g/mol. The number of carbonyl (C=O) groups excluding carboxylic acids is 2. The highest BCUT2D eigenvalue weighted by atomic mass is 32.2. The van der Waals surface area contributed by atoms with Crippen LogP contribution in [0.3, 0.4) is 0 Å². The van der Waals surface area contributed by atoms with Crippen LogP contribution < -0.4 is 0 Å². The van der Waals surface area contributed by atoms with E-state index in [1.54, 1.807) is 19.3 Å². The van der Waals surface area contributed by atoms with E-state index in [0.29, 0.717) is 10.9 Å². The van der Waals surface area contributed by atoms with Crippen LogP contribution >= 0.6 is 11.8 Å². The number of rotatable bonds is 6. The van der Waals surface area contributed by atoms with Gasteiger partial charge in [-0.25, -0.2) is 4.99 Å². The second-order valence-corrected chi connectivity index (χ2v) is 4.29. The van der Waals surface area contributed by atoms with Crippen molar-refractivity contribution in [2.45, 2.75) is 20.8 Å². The average molecular weight is 270 g/mol. The first kappa shape index (κ1) is 16.4. The molecule has 0 N–H and O–H groups in total. The molecule has 0 aliphatic heterocycles. The van der Waals surface area contributed by atoms with Gasteiger partial charge in [-0.1, -0.05) is 24.9 Å². The molecular weight excluding hydrogens is 252 g/mol. The fraction of sp³-hybridized carbons (Fsp3) is 0.417. The Morgan fingerprint density at radius 3 is 2.50 bits per heavy atom. The highest BCUT2D eigenvalue weighted by Crippen LogP contribution is 2.15. The summed E-state index contributed by atoms with van der Waals surface area (Å²) < 4.78 is 4.79. The molecule has 0 rings (SSSR count). The highest BCUT2D eigenvalue weighted by molar-refractivity contribution is 8.05. The van der Waals surface area contributed by atoms with Crippen molar-refractivity contribution in [1.82, 2.24) is 4.90 Å². The first-order chi connectivity index (χ1) is 8.42. The van der Waals surface area contributed by atoms with Crippen molar-refractivity contribution in [1.29, 1.82) is 0 Å². The molecule has 0 unspecified atom stereocenters. The van der Waals surface area contributed by atoms with E-state index < -0.39 is 5.97 Å². The predicted octanol–water partition coefficient (Wildman–Crippen LogP) is 2.16. The number of amides is 1. The number of aliphatic imine (C=N–C) groups is 1. The summed E-state index contributed by atoms with van der Waals surface area (Å²) in [5.74, 6) is -0.347. The zero-order valence-electron chi connectivity index (χ0n) is 10.9. The molecule has 0 aromatic heterocycles. The van der Waals surface area contributed by atoms with Gasteiger partial charge in [-0.2, -0.15) is 0 Å². The lowest BCUT2D eigenvalue weighted by atomic mass is 10.4. The lowest BCUT2D eigenvalue weighted by Gasteiger charge is -2.19. The van der Waals surface area contributed by atoms with Gasteiger partial charge in [0.2, 0.25) is 5.91 Å². The van der Waals surface area contributed by atoms with Crippen LogP contribution in [-0.4, -0.2) is 35.8 Å². The number of hydrogen-bond acceptors (Lipinski definition) is 5. The van der Waals surface area contributed by atoms with E-state index >= 15 is 0 Å². The van der Waals surface area contributed by atoms with E-state index in [4.69, 9.17) is 4.74 Å². The molecule has 0 atom stereocenters. The van der Waals surface area contributed by atoms with E-state index in [2.05, 4.69) is 18.2 Å². The van der Waals surface area contributed by atoms with Crippen LogP contribution in [0.2, 0.25) is 0 Å². The largest absolute Gasteiger partial charge is 0.465 e. The maximum atomic E-state index is 11.4. The number of ether oxygens (including phenoxy) is 1. The fourth-order valence-electron chi connectivity index (χ4n) is 1.15. The van der Waals surface area contributed by atoms with Crippen LogP contribution in [0.5, 0.6) is 0 Å². The van der Waals surface area contributed by atoms with E-state index in [-0.39, 0.29) is 19.1 Å². The Balaban J connectivity index is 4.78. The third kappa shape index (κ3) is 6.24. The van der Waals surface area contributed by atoms with Gasteiger partial charge in [0, 0.05) is 6.92 Å². The van der Waals surface area contributed by atoms with E-state index in [1.807, 2.05) is 0 Å². The SMILES string of the molecule is C=CSC(=C)N=C(C)N(CC(=O)OCC)C(C)=O. The number of amidine groups is 1. The number of nitrogens with zero attached hydrogens (tertiary/aromatic N) is 2. The summed E-state index contributed by atoms with van der Waals surface area (Å²) in [5, 5.41) is 2.08. The normalized spacial score (nSPS) is 10.7. The summed E-state index contributed by atoms with van der Waals surface area (Å²) in [6.07, 6.45) is 0. The number of esters is 1. The van der Waals surface area contributed by atoms with Gasteiger partial charge in [-0.3, -0.25) is 14.5 Å². The Morgan fingerprint density at radius 1 is 1.44 bits per heavy atom. The Morgan fingerprint density at radius 2 is 2.06 bits per heavy atom. The summed E-state index contributed by atoms with van der Waals surface area (Å²) in [7, 11) is 0. The lowest BCUT2D eigenvalue weighted by Crippen LogP contribution is -2.38. The van der Waals surface area contributed by atoms with Crippen molar-refractivity contribution in [2.75, 3.05) is 13.2 Å². The minimum Gasteiger partial charge on any atom is -0.465 e. The molecule has 0 saturated heterocycles. The number of carbonyl (C=O) groups is 2. The molecule has 0 heterocycles. The molecule has 0 aromatic rings. The lowest BCUT2D eigenvalue weighted by molar-refractivity contribution is -0.146. The summed E-state index contributed by atoms with van der Waals surface area (Å²) >= 11 is 1.25. The minimum absolute atomic E-state index is 0.148. The average Bonchev–Trinajstić information content (AvgIpc) is 2.25. The van der Waals surface area contributed by atoms with Gasteiger partial charge in [-0.05, 0) is 19.3 Å². The molecule has 100 valence electrons. The molecule has 0 spiro atoms. The Kier molecular flexibility index (Phi) is 7.78. The van der Waals surface area contributed by atoms with Crippen LogP contribution in [0.15, 0.2) is 28.6 Å². The summed E-state index contributed by atoms with van der Waals surface area (Å²) in [6.45, 7) is 12.1. The van der Waals surface area contributed by atoms with Crippen LogP contribution in [0.4, 0.5) is 0 Å².